The van der Waals surface area contributed by atoms with Crippen LogP contribution in [0.5, 0.6) is 0 Å². The number of hydrogen-bond acceptors (Lipinski definition) is 1. The molecule has 2 N–H and O–H groups in total. The van der Waals surface area contributed by atoms with Gasteiger partial charge in [-0.05, 0) is 6.92 Å². The molecule has 0 saturated carbocycles. The van der Waals surface area contributed by atoms with Crippen molar-refractivity contribution in [1.29, 1.82) is 0 Å². The normalized spacial score (nSPS) is 8.45. The van der Waals surface area contributed by atoms with Crippen LogP contribution in [0.15, 0.2) is 24.3 Å². The van der Waals surface area contributed by atoms with E-state index in [0.29, 0.717) is 4.99 Å². The Kier molecular flexibility index (Phi) is 4.08. The van der Waals surface area contributed by atoms with Gasteiger partial charge in [0.25, 0.3) is 0 Å². The van der Waals surface area contributed by atoms with Gasteiger partial charge in [-0.1, -0.05) is 42.0 Å². The Morgan fingerprint density at radius 3 is 2.09 bits per heavy atom. The summed E-state index contributed by atoms with van der Waals surface area (Å²) < 4.78 is 0. The summed E-state index contributed by atoms with van der Waals surface area (Å²) in [5.74, 6) is 0. The summed E-state index contributed by atoms with van der Waals surface area (Å²) in [6, 6.07) is 7.85. The zero-order valence-electron chi connectivity index (χ0n) is 6.20. The second-order valence-electron chi connectivity index (χ2n) is 2.23. The van der Waals surface area contributed by atoms with E-state index < -0.39 is 0 Å². The van der Waals surface area contributed by atoms with Crippen molar-refractivity contribution in [2.75, 3.05) is 0 Å². The number of nitrogens with two attached hydrogens (primary N) is 1. The van der Waals surface area contributed by atoms with E-state index in [-0.39, 0.29) is 12.4 Å². The van der Waals surface area contributed by atoms with E-state index in [1.54, 1.807) is 0 Å². The third-order valence-electron chi connectivity index (χ3n) is 1.34. The maximum Gasteiger partial charge on any atom is 0.103 e. The van der Waals surface area contributed by atoms with Gasteiger partial charge >= 0.3 is 0 Å². The molecule has 0 bridgehead atoms. The molecule has 0 heterocycles. The first-order valence-corrected chi connectivity index (χ1v) is 3.47. The fourth-order valence-corrected chi connectivity index (χ4v) is 0.854. The summed E-state index contributed by atoms with van der Waals surface area (Å²) in [5.41, 5.74) is 7.55. The van der Waals surface area contributed by atoms with Crippen LogP contribution in [0.25, 0.3) is 0 Å². The summed E-state index contributed by atoms with van der Waals surface area (Å²) in [4.78, 5) is 0.458. The number of thiocarbonyl (C=S) groups is 1. The number of aryl methyl sites for hydroxylation is 1. The van der Waals surface area contributed by atoms with Gasteiger partial charge in [-0.3, -0.25) is 0 Å². The van der Waals surface area contributed by atoms with Crippen LogP contribution in [0.2, 0.25) is 0 Å². The van der Waals surface area contributed by atoms with E-state index in [0.717, 1.165) is 5.56 Å². The summed E-state index contributed by atoms with van der Waals surface area (Å²) in [7, 11) is 0. The van der Waals surface area contributed by atoms with E-state index >= 15 is 0 Å². The summed E-state index contributed by atoms with van der Waals surface area (Å²) in [6.07, 6.45) is 0. The van der Waals surface area contributed by atoms with Gasteiger partial charge in [0, 0.05) is 5.56 Å². The molecule has 0 aromatic heterocycles. The fourth-order valence-electron chi connectivity index (χ4n) is 0.718. The summed E-state index contributed by atoms with van der Waals surface area (Å²) in [6.45, 7) is 2.03. The molecule has 0 aliphatic heterocycles. The van der Waals surface area contributed by atoms with Crippen LogP contribution >= 0.6 is 24.6 Å². The standard InChI is InChI=1S/C8H9NS.ClH/c1-6-2-4-7(5-3-6)8(9)10;/h2-5H,1H3,(H2,9,10);1H. The van der Waals surface area contributed by atoms with Crippen molar-refractivity contribution in [2.45, 2.75) is 6.92 Å². The highest BCUT2D eigenvalue weighted by molar-refractivity contribution is 7.80. The van der Waals surface area contributed by atoms with Gasteiger partial charge in [0.05, 0.1) is 0 Å². The van der Waals surface area contributed by atoms with E-state index in [9.17, 15) is 0 Å². The molecule has 1 aromatic carbocycles. The Hall–Kier alpha value is -0.600. The lowest BCUT2D eigenvalue weighted by Crippen LogP contribution is -2.08. The van der Waals surface area contributed by atoms with Crippen molar-refractivity contribution in [3.8, 4) is 0 Å². The van der Waals surface area contributed by atoms with Crippen LogP contribution < -0.4 is 5.73 Å². The van der Waals surface area contributed by atoms with Gasteiger partial charge < -0.3 is 5.73 Å². The Balaban J connectivity index is 0.000001000. The third-order valence-corrected chi connectivity index (χ3v) is 1.57. The molecule has 1 nitrogen and oxygen atoms in total. The number of halogens is 1. The maximum atomic E-state index is 5.40. The molecule has 0 aliphatic rings. The highest BCUT2D eigenvalue weighted by atomic mass is 35.5. The minimum Gasteiger partial charge on any atom is -0.389 e. The number of rotatable bonds is 1. The third kappa shape index (κ3) is 2.87. The predicted octanol–water partition coefficient (Wildman–Crippen LogP) is 2.05. The van der Waals surface area contributed by atoms with Crippen molar-refractivity contribution in [3.63, 3.8) is 0 Å². The molecule has 60 valence electrons. The average molecular weight is 188 g/mol. The first-order valence-electron chi connectivity index (χ1n) is 3.06. The van der Waals surface area contributed by atoms with Crippen molar-refractivity contribution >= 4 is 29.6 Å². The van der Waals surface area contributed by atoms with Crippen LogP contribution in [0.4, 0.5) is 0 Å². The van der Waals surface area contributed by atoms with Gasteiger partial charge in [0.2, 0.25) is 0 Å². The second-order valence-corrected chi connectivity index (χ2v) is 2.67. The van der Waals surface area contributed by atoms with Gasteiger partial charge in [-0.2, -0.15) is 0 Å². The van der Waals surface area contributed by atoms with E-state index in [1.165, 1.54) is 5.56 Å². The molecule has 0 amide bonds. The minimum absolute atomic E-state index is 0. The van der Waals surface area contributed by atoms with Gasteiger partial charge in [-0.15, -0.1) is 12.4 Å². The van der Waals surface area contributed by atoms with E-state index in [1.807, 2.05) is 31.2 Å². The van der Waals surface area contributed by atoms with Crippen molar-refractivity contribution < 1.29 is 0 Å². The Labute approximate surface area is 78.0 Å². The maximum absolute atomic E-state index is 5.40. The summed E-state index contributed by atoms with van der Waals surface area (Å²) >= 11 is 4.78. The monoisotopic (exact) mass is 187 g/mol. The first kappa shape index (κ1) is 10.4. The smallest absolute Gasteiger partial charge is 0.103 e. The molecule has 0 spiro atoms. The zero-order valence-corrected chi connectivity index (χ0v) is 7.84. The topological polar surface area (TPSA) is 26.0 Å². The van der Waals surface area contributed by atoms with Crippen molar-refractivity contribution in [2.24, 2.45) is 5.73 Å². The minimum atomic E-state index is 0. The van der Waals surface area contributed by atoms with Crippen LogP contribution in [-0.4, -0.2) is 4.99 Å². The molecule has 0 fully saturated rings. The lowest BCUT2D eigenvalue weighted by atomic mass is 10.1. The number of benzene rings is 1. The molecule has 0 aliphatic carbocycles. The molecule has 11 heavy (non-hydrogen) atoms. The first-order chi connectivity index (χ1) is 4.70. The van der Waals surface area contributed by atoms with Gasteiger partial charge in [0.15, 0.2) is 0 Å². The molecule has 0 radical (unpaired) electrons. The Morgan fingerprint density at radius 2 is 1.73 bits per heavy atom. The van der Waals surface area contributed by atoms with Gasteiger partial charge in [0.1, 0.15) is 4.99 Å². The SMILES string of the molecule is Cc1ccc(C(N)=S)cc1.Cl. The van der Waals surface area contributed by atoms with E-state index in [4.69, 9.17) is 18.0 Å². The lowest BCUT2D eigenvalue weighted by molar-refractivity contribution is 1.46. The van der Waals surface area contributed by atoms with Crippen LogP contribution in [0.3, 0.4) is 0 Å². The molecule has 0 saturated heterocycles. The highest BCUT2D eigenvalue weighted by Crippen LogP contribution is 2.01. The molecular weight excluding hydrogens is 178 g/mol. The quantitative estimate of drug-likeness (QED) is 0.682. The Bertz CT molecular complexity index is 243. The molecule has 0 atom stereocenters. The Morgan fingerprint density at radius 1 is 1.27 bits per heavy atom. The molecule has 1 rings (SSSR count). The predicted molar refractivity (Wildman–Crippen MR) is 54.3 cm³/mol. The van der Waals surface area contributed by atoms with Crippen LogP contribution in [0.1, 0.15) is 11.1 Å². The van der Waals surface area contributed by atoms with E-state index in [2.05, 4.69) is 0 Å². The lowest BCUT2D eigenvalue weighted by Gasteiger charge is -1.96. The fraction of sp³-hybridized carbons (Fsp3) is 0.125. The largest absolute Gasteiger partial charge is 0.389 e. The van der Waals surface area contributed by atoms with Gasteiger partial charge in [-0.25, -0.2) is 0 Å². The second kappa shape index (κ2) is 4.31. The van der Waals surface area contributed by atoms with Crippen molar-refractivity contribution in [3.05, 3.63) is 35.4 Å². The van der Waals surface area contributed by atoms with Crippen LogP contribution in [0, 0.1) is 6.92 Å². The average Bonchev–Trinajstić information content (AvgIpc) is 1.88. The summed E-state index contributed by atoms with van der Waals surface area (Å²) in [5, 5.41) is 0. The molecule has 0 unspecified atom stereocenters. The van der Waals surface area contributed by atoms with Crippen LogP contribution in [-0.2, 0) is 0 Å². The van der Waals surface area contributed by atoms with Crippen molar-refractivity contribution in [1.82, 2.24) is 0 Å². The zero-order chi connectivity index (χ0) is 7.56. The number of hydrogen-bond donors (Lipinski definition) is 1. The molecule has 3 heteroatoms. The highest BCUT2D eigenvalue weighted by Gasteiger charge is 1.92. The molecule has 1 aromatic rings. The molecular formula is C8H10ClNS.